The molecule has 1 rings (SSSR count). The van der Waals surface area contributed by atoms with Gasteiger partial charge in [0.05, 0.1) is 7.11 Å². The van der Waals surface area contributed by atoms with E-state index in [1.807, 2.05) is 19.9 Å². The molecule has 2 N–H and O–H groups in total. The predicted octanol–water partition coefficient (Wildman–Crippen LogP) is 2.50. The molecule has 1 unspecified atom stereocenters. The van der Waals surface area contributed by atoms with Crippen molar-refractivity contribution in [3.63, 3.8) is 0 Å². The van der Waals surface area contributed by atoms with Crippen molar-refractivity contribution < 1.29 is 19.7 Å². The Morgan fingerprint density at radius 3 is 2.44 bits per heavy atom. The Kier molecular flexibility index (Phi) is 4.35. The van der Waals surface area contributed by atoms with E-state index in [0.717, 1.165) is 5.56 Å². The molecule has 0 aromatic heterocycles. The zero-order valence-corrected chi connectivity index (χ0v) is 11.2. The summed E-state index contributed by atoms with van der Waals surface area (Å²) in [5.74, 6) is -0.541. The van der Waals surface area contributed by atoms with Crippen LogP contribution >= 0.6 is 0 Å². The van der Waals surface area contributed by atoms with Crippen molar-refractivity contribution in [2.24, 2.45) is 0 Å². The molecule has 0 aliphatic rings. The van der Waals surface area contributed by atoms with Crippen molar-refractivity contribution in [1.29, 1.82) is 0 Å². The highest BCUT2D eigenvalue weighted by atomic mass is 16.5. The standard InChI is InChI=1S/C14H20O4/c1-5-14(17,13(15)16)11-7-6-10(9(2)3)8-12(11)18-4/h6-9,17H,5H2,1-4H3,(H,15,16). The number of hydrogen-bond donors (Lipinski definition) is 2. The molecule has 0 amide bonds. The van der Waals surface area contributed by atoms with Gasteiger partial charge in [0.1, 0.15) is 5.75 Å². The molecule has 4 heteroatoms. The third-order valence-electron chi connectivity index (χ3n) is 3.20. The van der Waals surface area contributed by atoms with Gasteiger partial charge in [0.15, 0.2) is 5.60 Å². The minimum atomic E-state index is -1.90. The second-order valence-corrected chi connectivity index (χ2v) is 4.63. The molecule has 100 valence electrons. The van der Waals surface area contributed by atoms with E-state index in [-0.39, 0.29) is 6.42 Å². The minimum absolute atomic E-state index is 0.0831. The second-order valence-electron chi connectivity index (χ2n) is 4.63. The molecule has 0 spiro atoms. The van der Waals surface area contributed by atoms with Gasteiger partial charge in [-0.2, -0.15) is 0 Å². The molecule has 0 saturated heterocycles. The molecular weight excluding hydrogens is 232 g/mol. The van der Waals surface area contributed by atoms with E-state index in [2.05, 4.69) is 0 Å². The van der Waals surface area contributed by atoms with Crippen molar-refractivity contribution in [1.82, 2.24) is 0 Å². The monoisotopic (exact) mass is 252 g/mol. The van der Waals surface area contributed by atoms with Crippen LogP contribution in [0.15, 0.2) is 18.2 Å². The second kappa shape index (κ2) is 5.40. The smallest absolute Gasteiger partial charge is 0.340 e. The fraction of sp³-hybridized carbons (Fsp3) is 0.500. The van der Waals surface area contributed by atoms with Crippen LogP contribution < -0.4 is 4.74 Å². The van der Waals surface area contributed by atoms with Crippen LogP contribution in [-0.2, 0) is 10.4 Å². The lowest BCUT2D eigenvalue weighted by molar-refractivity contribution is -0.160. The van der Waals surface area contributed by atoms with Crippen LogP contribution in [0.25, 0.3) is 0 Å². The SMILES string of the molecule is CCC(O)(C(=O)O)c1ccc(C(C)C)cc1OC. The van der Waals surface area contributed by atoms with Crippen molar-refractivity contribution in [3.8, 4) is 5.75 Å². The van der Waals surface area contributed by atoms with Crippen molar-refractivity contribution in [3.05, 3.63) is 29.3 Å². The average Bonchev–Trinajstić information content (AvgIpc) is 2.36. The van der Waals surface area contributed by atoms with E-state index in [9.17, 15) is 15.0 Å². The van der Waals surface area contributed by atoms with E-state index < -0.39 is 11.6 Å². The number of hydrogen-bond acceptors (Lipinski definition) is 3. The van der Waals surface area contributed by atoms with Gasteiger partial charge in [-0.25, -0.2) is 4.79 Å². The van der Waals surface area contributed by atoms with Crippen molar-refractivity contribution in [2.45, 2.75) is 38.7 Å². The Morgan fingerprint density at radius 1 is 1.44 bits per heavy atom. The Bertz CT molecular complexity index is 439. The average molecular weight is 252 g/mol. The Hall–Kier alpha value is -1.55. The molecule has 4 nitrogen and oxygen atoms in total. The molecule has 0 bridgehead atoms. The van der Waals surface area contributed by atoms with Crippen LogP contribution in [0.4, 0.5) is 0 Å². The van der Waals surface area contributed by atoms with Gasteiger partial charge in [-0.1, -0.05) is 32.9 Å². The molecule has 0 heterocycles. The number of aliphatic hydroxyl groups is 1. The molecule has 0 fully saturated rings. The number of aliphatic carboxylic acids is 1. The molecular formula is C14H20O4. The van der Waals surface area contributed by atoms with Crippen LogP contribution in [-0.4, -0.2) is 23.3 Å². The molecule has 1 aromatic carbocycles. The minimum Gasteiger partial charge on any atom is -0.496 e. The number of ether oxygens (including phenoxy) is 1. The maximum atomic E-state index is 11.2. The third kappa shape index (κ3) is 2.48. The van der Waals surface area contributed by atoms with Crippen molar-refractivity contribution in [2.75, 3.05) is 7.11 Å². The zero-order valence-electron chi connectivity index (χ0n) is 11.2. The molecule has 0 aliphatic heterocycles. The van der Waals surface area contributed by atoms with E-state index in [0.29, 0.717) is 17.2 Å². The van der Waals surface area contributed by atoms with Crippen LogP contribution in [0, 0.1) is 0 Å². The summed E-state index contributed by atoms with van der Waals surface area (Å²) in [6.07, 6.45) is 0.0831. The van der Waals surface area contributed by atoms with E-state index in [4.69, 9.17) is 4.74 Å². The highest BCUT2D eigenvalue weighted by Gasteiger charge is 2.38. The number of carboxylic acid groups (broad SMARTS) is 1. The third-order valence-corrected chi connectivity index (χ3v) is 3.20. The van der Waals surface area contributed by atoms with Gasteiger partial charge in [0.25, 0.3) is 0 Å². The number of carboxylic acids is 1. The Morgan fingerprint density at radius 2 is 2.06 bits per heavy atom. The first-order valence-electron chi connectivity index (χ1n) is 6.01. The lowest BCUT2D eigenvalue weighted by Crippen LogP contribution is -2.35. The maximum absolute atomic E-state index is 11.2. The highest BCUT2D eigenvalue weighted by molar-refractivity contribution is 5.80. The van der Waals surface area contributed by atoms with Gasteiger partial charge in [-0.05, 0) is 24.0 Å². The topological polar surface area (TPSA) is 66.8 Å². The summed E-state index contributed by atoms with van der Waals surface area (Å²) in [5.41, 5.74) is -0.565. The quantitative estimate of drug-likeness (QED) is 0.845. The fourth-order valence-corrected chi connectivity index (χ4v) is 1.87. The zero-order chi connectivity index (χ0) is 13.9. The van der Waals surface area contributed by atoms with E-state index in [1.54, 1.807) is 19.1 Å². The van der Waals surface area contributed by atoms with Crippen LogP contribution in [0.1, 0.15) is 44.2 Å². The summed E-state index contributed by atoms with van der Waals surface area (Å²) >= 11 is 0. The summed E-state index contributed by atoms with van der Waals surface area (Å²) in [5, 5.41) is 19.4. The van der Waals surface area contributed by atoms with Gasteiger partial charge >= 0.3 is 5.97 Å². The van der Waals surface area contributed by atoms with E-state index in [1.165, 1.54) is 7.11 Å². The molecule has 18 heavy (non-hydrogen) atoms. The fourth-order valence-electron chi connectivity index (χ4n) is 1.87. The Balaban J connectivity index is 3.36. The predicted molar refractivity (Wildman–Crippen MR) is 68.9 cm³/mol. The van der Waals surface area contributed by atoms with Crippen LogP contribution in [0.3, 0.4) is 0 Å². The molecule has 1 atom stereocenters. The lowest BCUT2D eigenvalue weighted by Gasteiger charge is -2.25. The number of carbonyl (C=O) groups is 1. The van der Waals surface area contributed by atoms with Crippen molar-refractivity contribution >= 4 is 5.97 Å². The largest absolute Gasteiger partial charge is 0.496 e. The number of benzene rings is 1. The first kappa shape index (κ1) is 14.5. The molecule has 0 radical (unpaired) electrons. The first-order valence-corrected chi connectivity index (χ1v) is 6.01. The summed E-state index contributed by atoms with van der Waals surface area (Å²) in [7, 11) is 1.47. The van der Waals surface area contributed by atoms with Crippen LogP contribution in [0.2, 0.25) is 0 Å². The molecule has 1 aromatic rings. The molecule has 0 aliphatic carbocycles. The highest BCUT2D eigenvalue weighted by Crippen LogP contribution is 2.35. The summed E-state index contributed by atoms with van der Waals surface area (Å²) in [6, 6.07) is 5.24. The van der Waals surface area contributed by atoms with E-state index >= 15 is 0 Å². The summed E-state index contributed by atoms with van der Waals surface area (Å²) < 4.78 is 5.21. The summed E-state index contributed by atoms with van der Waals surface area (Å²) in [6.45, 7) is 5.71. The van der Waals surface area contributed by atoms with Crippen LogP contribution in [0.5, 0.6) is 5.75 Å². The van der Waals surface area contributed by atoms with Gasteiger partial charge in [-0.3, -0.25) is 0 Å². The van der Waals surface area contributed by atoms with Gasteiger partial charge < -0.3 is 14.9 Å². The normalized spacial score (nSPS) is 14.3. The first-order chi connectivity index (χ1) is 8.36. The van der Waals surface area contributed by atoms with Gasteiger partial charge in [-0.15, -0.1) is 0 Å². The van der Waals surface area contributed by atoms with Gasteiger partial charge in [0.2, 0.25) is 0 Å². The van der Waals surface area contributed by atoms with Gasteiger partial charge in [0, 0.05) is 5.56 Å². The number of rotatable bonds is 5. The molecule has 0 saturated carbocycles. The lowest BCUT2D eigenvalue weighted by atomic mass is 9.88. The number of methoxy groups -OCH3 is 1. The maximum Gasteiger partial charge on any atom is 0.340 e. The summed E-state index contributed by atoms with van der Waals surface area (Å²) in [4.78, 5) is 11.2. The Labute approximate surface area is 107 Å².